The number of aryl methyl sites for hydroxylation is 1. The summed E-state index contributed by atoms with van der Waals surface area (Å²) in [6.45, 7) is 12.3. The number of nitrogens with one attached hydrogen (secondary N) is 1. The van der Waals surface area contributed by atoms with Crippen LogP contribution in [0.4, 0.5) is 5.69 Å². The Kier molecular flexibility index (Phi) is 8.23. The van der Waals surface area contributed by atoms with Gasteiger partial charge in [0.05, 0.1) is 23.5 Å². The van der Waals surface area contributed by atoms with E-state index >= 15 is 0 Å². The number of carbonyl (C=O) groups excluding carboxylic acids is 1. The van der Waals surface area contributed by atoms with Gasteiger partial charge in [0.25, 0.3) is 5.91 Å². The van der Waals surface area contributed by atoms with Crippen molar-refractivity contribution in [2.45, 2.75) is 66.1 Å². The highest BCUT2D eigenvalue weighted by Gasteiger charge is 2.13. The van der Waals surface area contributed by atoms with E-state index in [-0.39, 0.29) is 18.1 Å². The minimum Gasteiger partial charge on any atom is -0.457 e. The first kappa shape index (κ1) is 24.5. The van der Waals surface area contributed by atoms with Gasteiger partial charge in [-0.15, -0.1) is 0 Å². The van der Waals surface area contributed by atoms with E-state index in [0.29, 0.717) is 35.0 Å². The summed E-state index contributed by atoms with van der Waals surface area (Å²) >= 11 is 0. The number of pyridine rings is 1. The van der Waals surface area contributed by atoms with Crippen molar-refractivity contribution in [3.8, 4) is 11.5 Å². The third-order valence-electron chi connectivity index (χ3n) is 5.28. The molecule has 1 aromatic heterocycles. The van der Waals surface area contributed by atoms with Gasteiger partial charge < -0.3 is 14.8 Å². The van der Waals surface area contributed by atoms with Gasteiger partial charge >= 0.3 is 0 Å². The zero-order chi connectivity index (χ0) is 24.0. The standard InChI is InChI=1S/C28H34N2O3/c1-18(2)22-7-12-25(13-8-22)33-26-14-9-23(10-15-26)30-28(31)27-16-11-24(29-21(27)6)17-20(5)32-19(3)4/h7-16,18-20H,17H2,1-6H3,(H,30,31). The van der Waals surface area contributed by atoms with Gasteiger partial charge in [0.2, 0.25) is 0 Å². The smallest absolute Gasteiger partial charge is 0.257 e. The summed E-state index contributed by atoms with van der Waals surface area (Å²) in [4.78, 5) is 17.4. The number of hydrogen-bond donors (Lipinski definition) is 1. The number of hydrogen-bond acceptors (Lipinski definition) is 4. The van der Waals surface area contributed by atoms with E-state index in [4.69, 9.17) is 9.47 Å². The maximum atomic E-state index is 12.8. The Morgan fingerprint density at radius 2 is 1.48 bits per heavy atom. The van der Waals surface area contributed by atoms with Crippen molar-refractivity contribution in [2.75, 3.05) is 5.32 Å². The molecule has 3 aromatic rings. The molecule has 0 radical (unpaired) electrons. The molecular weight excluding hydrogens is 412 g/mol. The maximum Gasteiger partial charge on any atom is 0.257 e. The first-order valence-electron chi connectivity index (χ1n) is 11.5. The molecule has 0 saturated carbocycles. The summed E-state index contributed by atoms with van der Waals surface area (Å²) in [7, 11) is 0. The molecule has 5 nitrogen and oxygen atoms in total. The molecular formula is C28H34N2O3. The number of anilines is 1. The predicted octanol–water partition coefficient (Wildman–Crippen LogP) is 6.91. The fraction of sp³-hybridized carbons (Fsp3) is 0.357. The third-order valence-corrected chi connectivity index (χ3v) is 5.28. The van der Waals surface area contributed by atoms with Crippen molar-refractivity contribution >= 4 is 11.6 Å². The number of benzene rings is 2. The number of ether oxygens (including phenoxy) is 2. The predicted molar refractivity (Wildman–Crippen MR) is 133 cm³/mol. The molecule has 0 aliphatic carbocycles. The zero-order valence-electron chi connectivity index (χ0n) is 20.4. The van der Waals surface area contributed by atoms with Crippen molar-refractivity contribution in [2.24, 2.45) is 0 Å². The van der Waals surface area contributed by atoms with Gasteiger partial charge in [-0.2, -0.15) is 0 Å². The Morgan fingerprint density at radius 3 is 2.03 bits per heavy atom. The summed E-state index contributed by atoms with van der Waals surface area (Å²) in [6.07, 6.45) is 0.960. The van der Waals surface area contributed by atoms with Crippen molar-refractivity contribution in [3.05, 3.63) is 83.2 Å². The highest BCUT2D eigenvalue weighted by Crippen LogP contribution is 2.25. The molecule has 33 heavy (non-hydrogen) atoms. The van der Waals surface area contributed by atoms with Gasteiger partial charge in [0.15, 0.2) is 0 Å². The molecule has 0 bridgehead atoms. The maximum absolute atomic E-state index is 12.8. The van der Waals surface area contributed by atoms with Gasteiger partial charge in [-0.05, 0) is 87.7 Å². The number of rotatable bonds is 9. The molecule has 5 heteroatoms. The Bertz CT molecular complexity index is 1060. The Morgan fingerprint density at radius 1 is 0.879 bits per heavy atom. The summed E-state index contributed by atoms with van der Waals surface area (Å²) in [5.74, 6) is 1.80. The van der Waals surface area contributed by atoms with Crippen LogP contribution in [0, 0.1) is 6.92 Å². The highest BCUT2D eigenvalue weighted by atomic mass is 16.5. The minimum absolute atomic E-state index is 0.0745. The van der Waals surface area contributed by atoms with E-state index in [1.807, 2.05) is 76.2 Å². The van der Waals surface area contributed by atoms with Crippen LogP contribution in [-0.2, 0) is 11.2 Å². The average Bonchev–Trinajstić information content (AvgIpc) is 2.75. The minimum atomic E-state index is -0.184. The molecule has 1 heterocycles. The van der Waals surface area contributed by atoms with E-state index in [9.17, 15) is 4.79 Å². The van der Waals surface area contributed by atoms with E-state index in [2.05, 4.69) is 36.3 Å². The lowest BCUT2D eigenvalue weighted by Gasteiger charge is -2.16. The number of carbonyl (C=O) groups is 1. The fourth-order valence-electron chi connectivity index (χ4n) is 3.64. The Hall–Kier alpha value is -3.18. The molecule has 1 unspecified atom stereocenters. The van der Waals surface area contributed by atoms with Gasteiger partial charge in [0.1, 0.15) is 11.5 Å². The van der Waals surface area contributed by atoms with Crippen molar-refractivity contribution in [1.29, 1.82) is 0 Å². The van der Waals surface area contributed by atoms with Crippen LogP contribution >= 0.6 is 0 Å². The molecule has 174 valence electrons. The molecule has 0 fully saturated rings. The second-order valence-electron chi connectivity index (χ2n) is 8.94. The van der Waals surface area contributed by atoms with Crippen LogP contribution in [0.15, 0.2) is 60.7 Å². The first-order chi connectivity index (χ1) is 15.7. The lowest BCUT2D eigenvalue weighted by atomic mass is 10.0. The van der Waals surface area contributed by atoms with Crippen LogP contribution < -0.4 is 10.1 Å². The molecule has 2 aromatic carbocycles. The van der Waals surface area contributed by atoms with Crippen LogP contribution in [0.25, 0.3) is 0 Å². The normalized spacial score (nSPS) is 12.1. The molecule has 1 N–H and O–H groups in total. The van der Waals surface area contributed by atoms with Gasteiger partial charge in [-0.1, -0.05) is 26.0 Å². The lowest BCUT2D eigenvalue weighted by Crippen LogP contribution is -2.18. The van der Waals surface area contributed by atoms with Gasteiger partial charge in [-0.3, -0.25) is 9.78 Å². The van der Waals surface area contributed by atoms with Crippen molar-refractivity contribution < 1.29 is 14.3 Å². The van der Waals surface area contributed by atoms with Crippen LogP contribution in [0.5, 0.6) is 11.5 Å². The van der Waals surface area contributed by atoms with Crippen molar-refractivity contribution in [3.63, 3.8) is 0 Å². The second kappa shape index (κ2) is 11.1. The molecule has 3 rings (SSSR count). The summed E-state index contributed by atoms with van der Waals surface area (Å²) in [6, 6.07) is 19.2. The van der Waals surface area contributed by atoms with E-state index < -0.39 is 0 Å². The number of nitrogens with zero attached hydrogens (tertiary/aromatic N) is 1. The van der Waals surface area contributed by atoms with Gasteiger partial charge in [-0.25, -0.2) is 0 Å². The monoisotopic (exact) mass is 446 g/mol. The van der Waals surface area contributed by atoms with Crippen LogP contribution in [-0.4, -0.2) is 23.1 Å². The second-order valence-corrected chi connectivity index (χ2v) is 8.94. The molecule has 0 aliphatic heterocycles. The van der Waals surface area contributed by atoms with Gasteiger partial charge in [0, 0.05) is 17.8 Å². The lowest BCUT2D eigenvalue weighted by molar-refractivity contribution is 0.0190. The SMILES string of the molecule is Cc1nc(CC(C)OC(C)C)ccc1C(=O)Nc1ccc(Oc2ccc(C(C)C)cc2)cc1. The number of aromatic nitrogens is 1. The zero-order valence-corrected chi connectivity index (χ0v) is 20.4. The highest BCUT2D eigenvalue weighted by molar-refractivity contribution is 6.05. The quantitative estimate of drug-likeness (QED) is 0.388. The molecule has 0 spiro atoms. The topological polar surface area (TPSA) is 60.5 Å². The van der Waals surface area contributed by atoms with Crippen LogP contribution in [0.1, 0.15) is 67.8 Å². The average molecular weight is 447 g/mol. The van der Waals surface area contributed by atoms with E-state index in [1.165, 1.54) is 5.56 Å². The van der Waals surface area contributed by atoms with Crippen LogP contribution in [0.3, 0.4) is 0 Å². The summed E-state index contributed by atoms with van der Waals surface area (Å²) in [5, 5.41) is 2.94. The molecule has 1 amide bonds. The third kappa shape index (κ3) is 7.16. The van der Waals surface area contributed by atoms with Crippen molar-refractivity contribution in [1.82, 2.24) is 4.98 Å². The Balaban J connectivity index is 1.59. The fourth-order valence-corrected chi connectivity index (χ4v) is 3.64. The van der Waals surface area contributed by atoms with Crippen LogP contribution in [0.2, 0.25) is 0 Å². The summed E-state index contributed by atoms with van der Waals surface area (Å²) in [5.41, 5.74) is 4.15. The first-order valence-corrected chi connectivity index (χ1v) is 11.5. The van der Waals surface area contributed by atoms with E-state index in [1.54, 1.807) is 0 Å². The van der Waals surface area contributed by atoms with E-state index in [0.717, 1.165) is 11.4 Å². The Labute approximate surface area is 197 Å². The number of amides is 1. The largest absolute Gasteiger partial charge is 0.457 e. The molecule has 1 atom stereocenters. The molecule has 0 aliphatic rings. The summed E-state index contributed by atoms with van der Waals surface area (Å²) < 4.78 is 11.7. The molecule has 0 saturated heterocycles.